The topological polar surface area (TPSA) is 58.2 Å². The number of methoxy groups -OCH3 is 1. The molecule has 1 aromatic carbocycles. The van der Waals surface area contributed by atoms with Gasteiger partial charge in [0.05, 0.1) is 6.61 Å². The number of nitrogens with one attached hydrogen (secondary N) is 1. The quantitative estimate of drug-likeness (QED) is 0.768. The molecule has 0 atom stereocenters. The van der Waals surface area contributed by atoms with Crippen molar-refractivity contribution in [2.75, 3.05) is 27.3 Å². The SMILES string of the molecule is CCCCc1cc(=O)[nH]c(-c2ccc(CN(C)CCOC)cc2)n1. The van der Waals surface area contributed by atoms with E-state index in [1.165, 1.54) is 5.56 Å². The second kappa shape index (κ2) is 9.35. The Morgan fingerprint density at radius 2 is 2.00 bits per heavy atom. The molecule has 0 saturated carbocycles. The Bertz CT molecular complexity index is 680. The third kappa shape index (κ3) is 5.58. The molecule has 5 heteroatoms. The predicted molar refractivity (Wildman–Crippen MR) is 97.1 cm³/mol. The molecule has 0 amide bonds. The van der Waals surface area contributed by atoms with Crippen molar-refractivity contribution < 1.29 is 4.74 Å². The van der Waals surface area contributed by atoms with Crippen LogP contribution in [-0.4, -0.2) is 42.2 Å². The van der Waals surface area contributed by atoms with Gasteiger partial charge in [0.2, 0.25) is 0 Å². The fourth-order valence-electron chi connectivity index (χ4n) is 2.54. The highest BCUT2D eigenvalue weighted by molar-refractivity contribution is 5.55. The van der Waals surface area contributed by atoms with E-state index in [-0.39, 0.29) is 5.56 Å². The van der Waals surface area contributed by atoms with Gasteiger partial charge in [-0.25, -0.2) is 4.98 Å². The Kier molecular flexibility index (Phi) is 7.15. The van der Waals surface area contributed by atoms with Crippen LogP contribution in [0.5, 0.6) is 0 Å². The highest BCUT2D eigenvalue weighted by Gasteiger charge is 2.05. The van der Waals surface area contributed by atoms with Gasteiger partial charge in [0.15, 0.2) is 0 Å². The first-order valence-corrected chi connectivity index (χ1v) is 8.49. The molecule has 2 rings (SSSR count). The van der Waals surface area contributed by atoms with Crippen LogP contribution in [0.3, 0.4) is 0 Å². The van der Waals surface area contributed by atoms with E-state index in [0.717, 1.165) is 50.2 Å². The van der Waals surface area contributed by atoms with Crippen molar-refractivity contribution in [3.05, 3.63) is 51.9 Å². The molecule has 0 bridgehead atoms. The van der Waals surface area contributed by atoms with Crippen LogP contribution in [0, 0.1) is 0 Å². The number of hydrogen-bond acceptors (Lipinski definition) is 4. The van der Waals surface area contributed by atoms with Crippen LogP contribution in [0.25, 0.3) is 11.4 Å². The number of rotatable bonds is 9. The normalized spacial score (nSPS) is 11.2. The monoisotopic (exact) mass is 329 g/mol. The molecule has 0 spiro atoms. The lowest BCUT2D eigenvalue weighted by molar-refractivity contribution is 0.158. The van der Waals surface area contributed by atoms with E-state index >= 15 is 0 Å². The van der Waals surface area contributed by atoms with Gasteiger partial charge in [0.1, 0.15) is 5.82 Å². The maximum atomic E-state index is 11.8. The zero-order valence-corrected chi connectivity index (χ0v) is 14.8. The molecule has 1 N–H and O–H groups in total. The van der Waals surface area contributed by atoms with Crippen molar-refractivity contribution in [3.63, 3.8) is 0 Å². The maximum absolute atomic E-state index is 11.8. The van der Waals surface area contributed by atoms with E-state index in [1.54, 1.807) is 13.2 Å². The van der Waals surface area contributed by atoms with Gasteiger partial charge in [0.25, 0.3) is 5.56 Å². The van der Waals surface area contributed by atoms with E-state index in [0.29, 0.717) is 5.82 Å². The molecule has 5 nitrogen and oxygen atoms in total. The maximum Gasteiger partial charge on any atom is 0.251 e. The third-order valence-corrected chi connectivity index (χ3v) is 3.94. The fraction of sp³-hybridized carbons (Fsp3) is 0.474. The van der Waals surface area contributed by atoms with E-state index in [4.69, 9.17) is 4.74 Å². The minimum Gasteiger partial charge on any atom is -0.383 e. The van der Waals surface area contributed by atoms with Crippen LogP contribution in [-0.2, 0) is 17.7 Å². The highest BCUT2D eigenvalue weighted by Crippen LogP contribution is 2.16. The van der Waals surface area contributed by atoms with Crippen LogP contribution in [0.2, 0.25) is 0 Å². The van der Waals surface area contributed by atoms with Gasteiger partial charge in [0, 0.05) is 37.5 Å². The highest BCUT2D eigenvalue weighted by atomic mass is 16.5. The molecule has 0 radical (unpaired) electrons. The first-order valence-electron chi connectivity index (χ1n) is 8.49. The first-order chi connectivity index (χ1) is 11.6. The summed E-state index contributed by atoms with van der Waals surface area (Å²) in [5.74, 6) is 0.646. The molecule has 0 aliphatic rings. The summed E-state index contributed by atoms with van der Waals surface area (Å²) in [6.45, 7) is 4.62. The second-order valence-electron chi connectivity index (χ2n) is 6.12. The average molecular weight is 329 g/mol. The summed E-state index contributed by atoms with van der Waals surface area (Å²) in [6.07, 6.45) is 2.98. The molecule has 2 aromatic rings. The predicted octanol–water partition coefficient (Wildman–Crippen LogP) is 2.86. The zero-order valence-electron chi connectivity index (χ0n) is 14.8. The van der Waals surface area contributed by atoms with Crippen LogP contribution >= 0.6 is 0 Å². The summed E-state index contributed by atoms with van der Waals surface area (Å²) < 4.78 is 5.09. The molecule has 1 aromatic heterocycles. The van der Waals surface area contributed by atoms with Gasteiger partial charge < -0.3 is 9.72 Å². The standard InChI is InChI=1S/C19H27N3O2/c1-4-5-6-17-13-18(23)21-19(20-17)16-9-7-15(8-10-16)14-22(2)11-12-24-3/h7-10,13H,4-6,11-12,14H2,1-3H3,(H,20,21,23). The minimum absolute atomic E-state index is 0.0884. The molecule has 0 aliphatic carbocycles. The number of aromatic amines is 1. The number of aryl methyl sites for hydroxylation is 1. The van der Waals surface area contributed by atoms with Crippen molar-refractivity contribution in [2.24, 2.45) is 0 Å². The molecule has 24 heavy (non-hydrogen) atoms. The Labute approximate surface area is 143 Å². The van der Waals surface area contributed by atoms with Gasteiger partial charge in [-0.15, -0.1) is 0 Å². The number of hydrogen-bond donors (Lipinski definition) is 1. The fourth-order valence-corrected chi connectivity index (χ4v) is 2.54. The van der Waals surface area contributed by atoms with Crippen LogP contribution < -0.4 is 5.56 Å². The molecule has 0 saturated heterocycles. The zero-order chi connectivity index (χ0) is 17.4. The number of H-pyrrole nitrogens is 1. The van der Waals surface area contributed by atoms with E-state index in [9.17, 15) is 4.79 Å². The lowest BCUT2D eigenvalue weighted by atomic mass is 10.1. The Morgan fingerprint density at radius 3 is 2.67 bits per heavy atom. The number of unbranched alkanes of at least 4 members (excludes halogenated alkanes) is 1. The van der Waals surface area contributed by atoms with Gasteiger partial charge in [-0.1, -0.05) is 37.6 Å². The second-order valence-corrected chi connectivity index (χ2v) is 6.12. The van der Waals surface area contributed by atoms with Crippen molar-refractivity contribution in [1.82, 2.24) is 14.9 Å². The van der Waals surface area contributed by atoms with Gasteiger partial charge >= 0.3 is 0 Å². The van der Waals surface area contributed by atoms with E-state index in [1.807, 2.05) is 12.1 Å². The molecular formula is C19H27N3O2. The number of likely N-dealkylation sites (N-methyl/N-ethyl adjacent to an activating group) is 1. The molecule has 0 unspecified atom stereocenters. The molecular weight excluding hydrogens is 302 g/mol. The molecule has 0 aliphatic heterocycles. The third-order valence-electron chi connectivity index (χ3n) is 3.94. The smallest absolute Gasteiger partial charge is 0.251 e. The molecule has 130 valence electrons. The average Bonchev–Trinajstić information content (AvgIpc) is 2.58. The van der Waals surface area contributed by atoms with Crippen molar-refractivity contribution >= 4 is 0 Å². The summed E-state index contributed by atoms with van der Waals surface area (Å²) in [4.78, 5) is 21.5. The Hall–Kier alpha value is -1.98. The van der Waals surface area contributed by atoms with Crippen molar-refractivity contribution in [1.29, 1.82) is 0 Å². The number of ether oxygens (including phenoxy) is 1. The van der Waals surface area contributed by atoms with Crippen molar-refractivity contribution in [2.45, 2.75) is 32.7 Å². The van der Waals surface area contributed by atoms with Gasteiger partial charge in [-0.3, -0.25) is 9.69 Å². The summed E-state index contributed by atoms with van der Waals surface area (Å²) in [5, 5.41) is 0. The summed E-state index contributed by atoms with van der Waals surface area (Å²) in [6, 6.07) is 9.79. The number of nitrogens with zero attached hydrogens (tertiary/aromatic N) is 2. The largest absolute Gasteiger partial charge is 0.383 e. The Morgan fingerprint density at radius 1 is 1.25 bits per heavy atom. The van der Waals surface area contributed by atoms with Crippen LogP contribution in [0.1, 0.15) is 31.0 Å². The molecule has 1 heterocycles. The van der Waals surface area contributed by atoms with E-state index < -0.39 is 0 Å². The minimum atomic E-state index is -0.0884. The lowest BCUT2D eigenvalue weighted by Crippen LogP contribution is -2.22. The number of aromatic nitrogens is 2. The van der Waals surface area contributed by atoms with Gasteiger partial charge in [-0.05, 0) is 25.5 Å². The summed E-state index contributed by atoms with van der Waals surface area (Å²) in [5.41, 5.74) is 2.93. The number of benzene rings is 1. The Balaban J connectivity index is 2.10. The molecule has 0 fully saturated rings. The lowest BCUT2D eigenvalue weighted by Gasteiger charge is -2.16. The van der Waals surface area contributed by atoms with E-state index in [2.05, 4.69) is 41.0 Å². The van der Waals surface area contributed by atoms with Crippen LogP contribution in [0.15, 0.2) is 35.1 Å². The first kappa shape index (κ1) is 18.4. The van der Waals surface area contributed by atoms with Crippen LogP contribution in [0.4, 0.5) is 0 Å². The van der Waals surface area contributed by atoms with Crippen molar-refractivity contribution in [3.8, 4) is 11.4 Å². The summed E-state index contributed by atoms with van der Waals surface area (Å²) >= 11 is 0. The summed E-state index contributed by atoms with van der Waals surface area (Å²) in [7, 11) is 3.79. The van der Waals surface area contributed by atoms with Gasteiger partial charge in [-0.2, -0.15) is 0 Å².